The number of carbonyl (C=O) groups excluding carboxylic acids is 1. The summed E-state index contributed by atoms with van der Waals surface area (Å²) >= 11 is 0. The van der Waals surface area contributed by atoms with Crippen molar-refractivity contribution in [1.29, 1.82) is 0 Å². The number of hydrogen-bond acceptors (Lipinski definition) is 5. The summed E-state index contributed by atoms with van der Waals surface area (Å²) in [6.07, 6.45) is 0.950. The predicted octanol–water partition coefficient (Wildman–Crippen LogP) is -0.316. The number of ether oxygens (including phenoxy) is 3. The maximum atomic E-state index is 11.4. The summed E-state index contributed by atoms with van der Waals surface area (Å²) in [5.41, 5.74) is 4.96. The van der Waals surface area contributed by atoms with Gasteiger partial charge in [-0.05, 0) is 12.8 Å². The van der Waals surface area contributed by atoms with Crippen LogP contribution in [0.2, 0.25) is 0 Å². The first-order chi connectivity index (χ1) is 6.69. The summed E-state index contributed by atoms with van der Waals surface area (Å²) in [5, 5.41) is 0. The monoisotopic (exact) mass is 203 g/mol. The van der Waals surface area contributed by atoms with E-state index < -0.39 is 11.5 Å². The third kappa shape index (κ3) is 2.94. The molecular formula is C9H17NO4. The molecule has 0 aromatic heterocycles. The second-order valence-corrected chi connectivity index (χ2v) is 3.37. The van der Waals surface area contributed by atoms with Gasteiger partial charge in [0.15, 0.2) is 0 Å². The van der Waals surface area contributed by atoms with Crippen molar-refractivity contribution in [2.24, 2.45) is 5.73 Å². The summed E-state index contributed by atoms with van der Waals surface area (Å²) in [5.74, 6) is -0.397. The molecule has 0 aromatic rings. The minimum Gasteiger partial charge on any atom is -0.468 e. The van der Waals surface area contributed by atoms with Crippen molar-refractivity contribution in [3.63, 3.8) is 0 Å². The van der Waals surface area contributed by atoms with Crippen LogP contribution in [0, 0.1) is 0 Å². The van der Waals surface area contributed by atoms with Gasteiger partial charge in [-0.2, -0.15) is 0 Å². The van der Waals surface area contributed by atoms with Crippen LogP contribution in [0.4, 0.5) is 0 Å². The molecule has 0 bridgehead atoms. The van der Waals surface area contributed by atoms with Gasteiger partial charge in [0.25, 0.3) is 0 Å². The van der Waals surface area contributed by atoms with Crippen molar-refractivity contribution >= 4 is 5.97 Å². The molecule has 0 saturated carbocycles. The Bertz CT molecular complexity index is 185. The fraction of sp³-hybridized carbons (Fsp3) is 0.889. The van der Waals surface area contributed by atoms with E-state index in [1.165, 1.54) is 7.11 Å². The molecular weight excluding hydrogens is 186 g/mol. The zero-order chi connectivity index (χ0) is 10.4. The Morgan fingerprint density at radius 3 is 2.14 bits per heavy atom. The zero-order valence-corrected chi connectivity index (χ0v) is 8.45. The molecule has 0 radical (unpaired) electrons. The van der Waals surface area contributed by atoms with E-state index in [1.807, 2.05) is 0 Å². The molecule has 1 aliphatic rings. The van der Waals surface area contributed by atoms with Crippen molar-refractivity contribution in [1.82, 2.24) is 0 Å². The van der Waals surface area contributed by atoms with E-state index in [0.717, 1.165) is 0 Å². The van der Waals surface area contributed by atoms with Crippen LogP contribution in [-0.2, 0) is 19.0 Å². The SMILES string of the molecule is COC(=O)C1(N)CCOCCOCC1. The number of hydrogen-bond donors (Lipinski definition) is 1. The minimum atomic E-state index is -0.959. The van der Waals surface area contributed by atoms with E-state index in [-0.39, 0.29) is 0 Å². The number of carbonyl (C=O) groups is 1. The largest absolute Gasteiger partial charge is 0.468 e. The highest BCUT2D eigenvalue weighted by atomic mass is 16.5. The summed E-state index contributed by atoms with van der Waals surface area (Å²) in [4.78, 5) is 11.4. The summed E-state index contributed by atoms with van der Waals surface area (Å²) < 4.78 is 15.1. The standard InChI is InChI=1S/C9H17NO4/c1-12-8(11)9(10)2-4-13-6-7-14-5-3-9/h2-7,10H2,1H3. The van der Waals surface area contributed by atoms with E-state index >= 15 is 0 Å². The average Bonchev–Trinajstić information content (AvgIpc) is 2.30. The Balaban J connectivity index is 2.57. The smallest absolute Gasteiger partial charge is 0.326 e. The van der Waals surface area contributed by atoms with E-state index in [9.17, 15) is 4.79 Å². The van der Waals surface area contributed by atoms with E-state index in [1.54, 1.807) is 0 Å². The molecule has 5 nitrogen and oxygen atoms in total. The molecule has 82 valence electrons. The van der Waals surface area contributed by atoms with Crippen LogP contribution >= 0.6 is 0 Å². The van der Waals surface area contributed by atoms with Crippen LogP contribution in [0.15, 0.2) is 0 Å². The summed E-state index contributed by atoms with van der Waals surface area (Å²) in [6, 6.07) is 0. The Kier molecular flexibility index (Phi) is 4.31. The lowest BCUT2D eigenvalue weighted by atomic mass is 9.93. The molecule has 1 aliphatic heterocycles. The van der Waals surface area contributed by atoms with E-state index in [4.69, 9.17) is 15.2 Å². The van der Waals surface area contributed by atoms with Crippen molar-refractivity contribution < 1.29 is 19.0 Å². The molecule has 5 heteroatoms. The van der Waals surface area contributed by atoms with Crippen LogP contribution < -0.4 is 5.73 Å². The van der Waals surface area contributed by atoms with Gasteiger partial charge < -0.3 is 19.9 Å². The molecule has 1 fully saturated rings. The first-order valence-corrected chi connectivity index (χ1v) is 4.72. The van der Waals surface area contributed by atoms with Gasteiger partial charge in [-0.1, -0.05) is 0 Å². The number of nitrogens with two attached hydrogens (primary N) is 1. The third-order valence-electron chi connectivity index (χ3n) is 2.35. The number of rotatable bonds is 1. The van der Waals surface area contributed by atoms with Gasteiger partial charge in [0.05, 0.1) is 20.3 Å². The lowest BCUT2D eigenvalue weighted by Gasteiger charge is -2.25. The van der Waals surface area contributed by atoms with Crippen molar-refractivity contribution in [2.45, 2.75) is 18.4 Å². The van der Waals surface area contributed by atoms with E-state index in [2.05, 4.69) is 4.74 Å². The molecule has 0 spiro atoms. The second-order valence-electron chi connectivity index (χ2n) is 3.37. The summed E-state index contributed by atoms with van der Waals surface area (Å²) in [7, 11) is 1.34. The maximum absolute atomic E-state index is 11.4. The van der Waals surface area contributed by atoms with Crippen LogP contribution in [0.1, 0.15) is 12.8 Å². The van der Waals surface area contributed by atoms with Crippen LogP contribution in [0.25, 0.3) is 0 Å². The molecule has 0 atom stereocenters. The third-order valence-corrected chi connectivity index (χ3v) is 2.35. The molecule has 0 unspecified atom stereocenters. The second kappa shape index (κ2) is 5.29. The first-order valence-electron chi connectivity index (χ1n) is 4.72. The molecule has 1 heterocycles. The van der Waals surface area contributed by atoms with Gasteiger partial charge in [-0.25, -0.2) is 0 Å². The lowest BCUT2D eigenvalue weighted by molar-refractivity contribution is -0.148. The molecule has 1 rings (SSSR count). The van der Waals surface area contributed by atoms with Crippen LogP contribution in [-0.4, -0.2) is 45.0 Å². The first kappa shape index (κ1) is 11.4. The Hall–Kier alpha value is -0.650. The van der Waals surface area contributed by atoms with Gasteiger partial charge in [0.2, 0.25) is 0 Å². The molecule has 0 amide bonds. The van der Waals surface area contributed by atoms with Crippen molar-refractivity contribution in [3.05, 3.63) is 0 Å². The van der Waals surface area contributed by atoms with Crippen LogP contribution in [0.5, 0.6) is 0 Å². The highest BCUT2D eigenvalue weighted by Gasteiger charge is 2.34. The molecule has 0 aromatic carbocycles. The highest BCUT2D eigenvalue weighted by Crippen LogP contribution is 2.15. The highest BCUT2D eigenvalue weighted by molar-refractivity contribution is 5.80. The summed E-state index contributed by atoms with van der Waals surface area (Å²) in [6.45, 7) is 2.04. The van der Waals surface area contributed by atoms with Crippen LogP contribution in [0.3, 0.4) is 0 Å². The lowest BCUT2D eigenvalue weighted by Crippen LogP contribution is -2.50. The average molecular weight is 203 g/mol. The number of methoxy groups -OCH3 is 1. The predicted molar refractivity (Wildman–Crippen MR) is 49.8 cm³/mol. The van der Waals surface area contributed by atoms with Gasteiger partial charge in [-0.3, -0.25) is 4.79 Å². The Labute approximate surface area is 83.5 Å². The molecule has 1 saturated heterocycles. The number of esters is 1. The van der Waals surface area contributed by atoms with Gasteiger partial charge in [-0.15, -0.1) is 0 Å². The Morgan fingerprint density at radius 1 is 1.21 bits per heavy atom. The topological polar surface area (TPSA) is 70.8 Å². The normalized spacial score (nSPS) is 23.0. The molecule has 2 N–H and O–H groups in total. The fourth-order valence-corrected chi connectivity index (χ4v) is 1.36. The van der Waals surface area contributed by atoms with Gasteiger partial charge in [0, 0.05) is 13.2 Å². The van der Waals surface area contributed by atoms with Crippen molar-refractivity contribution in [2.75, 3.05) is 33.5 Å². The fourth-order valence-electron chi connectivity index (χ4n) is 1.36. The van der Waals surface area contributed by atoms with Gasteiger partial charge in [0.1, 0.15) is 5.54 Å². The van der Waals surface area contributed by atoms with Crippen molar-refractivity contribution in [3.8, 4) is 0 Å². The Morgan fingerprint density at radius 2 is 1.71 bits per heavy atom. The molecule has 14 heavy (non-hydrogen) atoms. The van der Waals surface area contributed by atoms with Gasteiger partial charge >= 0.3 is 5.97 Å². The zero-order valence-electron chi connectivity index (χ0n) is 8.45. The minimum absolute atomic E-state index is 0.397. The maximum Gasteiger partial charge on any atom is 0.326 e. The quantitative estimate of drug-likeness (QED) is 0.592. The van der Waals surface area contributed by atoms with E-state index in [0.29, 0.717) is 39.3 Å². The molecule has 0 aliphatic carbocycles.